The van der Waals surface area contributed by atoms with Gasteiger partial charge in [-0.15, -0.1) is 0 Å². The molecule has 30 heavy (non-hydrogen) atoms. The van der Waals surface area contributed by atoms with E-state index < -0.39 is 20.9 Å². The van der Waals surface area contributed by atoms with Crippen molar-refractivity contribution in [3.63, 3.8) is 0 Å². The van der Waals surface area contributed by atoms with Crippen molar-refractivity contribution >= 4 is 56.2 Å². The Labute approximate surface area is 181 Å². The fourth-order valence-corrected chi connectivity index (χ4v) is 3.99. The predicted molar refractivity (Wildman–Crippen MR) is 115 cm³/mol. The molecule has 3 aromatic rings. The Kier molecular flexibility index (Phi) is 6.25. The Morgan fingerprint density at radius 2 is 1.63 bits per heavy atom. The number of rotatable bonds is 6. The molecule has 3 rings (SSSR count). The first-order valence-electron chi connectivity index (χ1n) is 8.30. The van der Waals surface area contributed by atoms with E-state index in [1.807, 2.05) is 0 Å². The minimum Gasteiger partial charge on any atom is -0.320 e. The van der Waals surface area contributed by atoms with Crippen molar-refractivity contribution in [2.45, 2.75) is 4.90 Å². The molecule has 1 amide bonds. The van der Waals surface area contributed by atoms with E-state index in [0.29, 0.717) is 0 Å². The lowest BCUT2D eigenvalue weighted by atomic mass is 10.2. The predicted octanol–water partition coefficient (Wildman–Crippen LogP) is 4.95. The number of nitrogens with one attached hydrogen (secondary N) is 2. The van der Waals surface area contributed by atoms with Crippen LogP contribution in [0.4, 0.5) is 17.1 Å². The Balaban J connectivity index is 1.81. The number of amides is 1. The number of carbonyl (C=O) groups is 1. The molecule has 0 saturated carbocycles. The number of carbonyl (C=O) groups excluding carboxylic acids is 1. The maximum Gasteiger partial charge on any atom is 0.271 e. The van der Waals surface area contributed by atoms with Crippen molar-refractivity contribution in [2.75, 3.05) is 10.0 Å². The van der Waals surface area contributed by atoms with Gasteiger partial charge in [0.05, 0.1) is 36.8 Å². The summed E-state index contributed by atoms with van der Waals surface area (Å²) >= 11 is 12.1. The Morgan fingerprint density at radius 3 is 2.27 bits per heavy atom. The number of hydrogen-bond donors (Lipinski definition) is 2. The number of non-ortho nitro benzene ring substituents is 1. The van der Waals surface area contributed by atoms with Crippen LogP contribution >= 0.6 is 23.2 Å². The van der Waals surface area contributed by atoms with Gasteiger partial charge in [0, 0.05) is 12.1 Å². The minimum absolute atomic E-state index is 0.0256. The van der Waals surface area contributed by atoms with Gasteiger partial charge in [0.2, 0.25) is 0 Å². The van der Waals surface area contributed by atoms with Crippen molar-refractivity contribution in [2.24, 2.45) is 0 Å². The Bertz CT molecular complexity index is 1230. The Hall–Kier alpha value is -3.14. The van der Waals surface area contributed by atoms with E-state index in [2.05, 4.69) is 10.0 Å². The van der Waals surface area contributed by atoms with Gasteiger partial charge < -0.3 is 5.32 Å². The van der Waals surface area contributed by atoms with Crippen LogP contribution in [-0.4, -0.2) is 19.2 Å². The van der Waals surface area contributed by atoms with Gasteiger partial charge in [-0.05, 0) is 36.4 Å². The molecule has 0 aliphatic carbocycles. The van der Waals surface area contributed by atoms with Crippen LogP contribution in [0.15, 0.2) is 71.6 Å². The highest BCUT2D eigenvalue weighted by Crippen LogP contribution is 2.29. The number of anilines is 2. The third-order valence-electron chi connectivity index (χ3n) is 3.93. The molecule has 11 heteroatoms. The first-order valence-corrected chi connectivity index (χ1v) is 10.5. The third kappa shape index (κ3) is 4.88. The largest absolute Gasteiger partial charge is 0.320 e. The zero-order chi connectivity index (χ0) is 21.9. The highest BCUT2D eigenvalue weighted by Gasteiger charge is 2.18. The second-order valence-corrected chi connectivity index (χ2v) is 8.49. The summed E-state index contributed by atoms with van der Waals surface area (Å²) in [5.74, 6) is -0.667. The fourth-order valence-electron chi connectivity index (χ4n) is 2.49. The number of halogens is 2. The first-order chi connectivity index (χ1) is 14.2. The average molecular weight is 466 g/mol. The van der Waals surface area contributed by atoms with Gasteiger partial charge in [-0.1, -0.05) is 41.4 Å². The van der Waals surface area contributed by atoms with E-state index in [4.69, 9.17) is 23.2 Å². The zero-order valence-corrected chi connectivity index (χ0v) is 17.3. The van der Waals surface area contributed by atoms with Gasteiger partial charge in [-0.25, -0.2) is 8.42 Å². The molecule has 0 bridgehead atoms. The van der Waals surface area contributed by atoms with Crippen molar-refractivity contribution < 1.29 is 18.1 Å². The summed E-state index contributed by atoms with van der Waals surface area (Å²) in [6.07, 6.45) is 0. The van der Waals surface area contributed by atoms with Gasteiger partial charge in [0.1, 0.15) is 0 Å². The topological polar surface area (TPSA) is 118 Å². The maximum absolute atomic E-state index is 12.5. The lowest BCUT2D eigenvalue weighted by Crippen LogP contribution is -2.15. The molecule has 0 unspecified atom stereocenters. The summed E-state index contributed by atoms with van der Waals surface area (Å²) in [6.45, 7) is 0. The molecule has 0 aliphatic rings. The SMILES string of the molecule is O=C(Nc1cc([N+](=O)[O-])ccc1Cl)c1ccc(NS(=O)(=O)c2ccccc2)cc1Cl. The van der Waals surface area contributed by atoms with Gasteiger partial charge in [0.25, 0.3) is 21.6 Å². The number of nitro groups is 1. The molecular weight excluding hydrogens is 453 g/mol. The molecule has 0 fully saturated rings. The third-order valence-corrected chi connectivity index (χ3v) is 5.97. The number of benzene rings is 3. The lowest BCUT2D eigenvalue weighted by molar-refractivity contribution is -0.384. The van der Waals surface area contributed by atoms with E-state index in [0.717, 1.165) is 6.07 Å². The van der Waals surface area contributed by atoms with Gasteiger partial charge in [0.15, 0.2) is 0 Å². The molecule has 0 radical (unpaired) electrons. The first kappa shape index (κ1) is 21.6. The molecule has 0 atom stereocenters. The van der Waals surface area contributed by atoms with E-state index in [9.17, 15) is 23.3 Å². The van der Waals surface area contributed by atoms with Crippen molar-refractivity contribution in [3.8, 4) is 0 Å². The van der Waals surface area contributed by atoms with Crippen LogP contribution < -0.4 is 10.0 Å². The summed E-state index contributed by atoms with van der Waals surface area (Å²) in [6, 6.07) is 15.4. The van der Waals surface area contributed by atoms with E-state index in [1.165, 1.54) is 42.5 Å². The zero-order valence-electron chi connectivity index (χ0n) is 15.0. The number of nitro benzene ring substituents is 1. The highest BCUT2D eigenvalue weighted by atomic mass is 35.5. The van der Waals surface area contributed by atoms with Crippen molar-refractivity contribution in [3.05, 3.63) is 92.5 Å². The second-order valence-electron chi connectivity index (χ2n) is 5.99. The normalized spacial score (nSPS) is 11.0. The van der Waals surface area contributed by atoms with E-state index in [1.54, 1.807) is 18.2 Å². The average Bonchev–Trinajstić information content (AvgIpc) is 2.70. The van der Waals surface area contributed by atoms with Crippen LogP contribution in [0.3, 0.4) is 0 Å². The number of sulfonamides is 1. The highest BCUT2D eigenvalue weighted by molar-refractivity contribution is 7.92. The molecule has 0 aromatic heterocycles. The smallest absolute Gasteiger partial charge is 0.271 e. The van der Waals surface area contributed by atoms with E-state index in [-0.39, 0.29) is 37.6 Å². The quantitative estimate of drug-likeness (QED) is 0.394. The molecule has 0 heterocycles. The molecule has 0 saturated heterocycles. The molecule has 2 N–H and O–H groups in total. The van der Waals surface area contributed by atoms with Crippen molar-refractivity contribution in [1.82, 2.24) is 0 Å². The van der Waals surface area contributed by atoms with Crippen molar-refractivity contribution in [1.29, 1.82) is 0 Å². The monoisotopic (exact) mass is 465 g/mol. The van der Waals surface area contributed by atoms with Crippen LogP contribution in [0.1, 0.15) is 10.4 Å². The Morgan fingerprint density at radius 1 is 0.933 bits per heavy atom. The van der Waals surface area contributed by atoms with Gasteiger partial charge in [-0.2, -0.15) is 0 Å². The molecular formula is C19H13Cl2N3O5S. The van der Waals surface area contributed by atoms with Crippen LogP contribution in [0.5, 0.6) is 0 Å². The molecule has 0 spiro atoms. The number of nitrogens with zero attached hydrogens (tertiary/aromatic N) is 1. The summed E-state index contributed by atoms with van der Waals surface area (Å²) in [4.78, 5) is 22.9. The molecule has 0 aliphatic heterocycles. The van der Waals surface area contributed by atoms with Crippen LogP contribution in [-0.2, 0) is 10.0 Å². The fraction of sp³-hybridized carbons (Fsp3) is 0. The summed E-state index contributed by atoms with van der Waals surface area (Å²) in [5.41, 5.74) is -0.0112. The summed E-state index contributed by atoms with van der Waals surface area (Å²) in [5, 5.41) is 13.4. The number of hydrogen-bond acceptors (Lipinski definition) is 5. The van der Waals surface area contributed by atoms with Crippen LogP contribution in [0.25, 0.3) is 0 Å². The summed E-state index contributed by atoms with van der Waals surface area (Å²) < 4.78 is 27.2. The standard InChI is InChI=1S/C19H13Cl2N3O5S/c20-16-9-7-13(24(26)27)11-18(16)22-19(25)15-8-6-12(10-17(15)21)23-30(28,29)14-4-2-1-3-5-14/h1-11,23H,(H,22,25). The molecule has 154 valence electrons. The molecule has 8 nitrogen and oxygen atoms in total. The second kappa shape index (κ2) is 8.70. The van der Waals surface area contributed by atoms with Crippen LogP contribution in [0.2, 0.25) is 10.0 Å². The maximum atomic E-state index is 12.5. The van der Waals surface area contributed by atoms with Gasteiger partial charge >= 0.3 is 0 Å². The van der Waals surface area contributed by atoms with Crippen LogP contribution in [0, 0.1) is 10.1 Å². The molecule has 3 aromatic carbocycles. The lowest BCUT2D eigenvalue weighted by Gasteiger charge is -2.11. The summed E-state index contributed by atoms with van der Waals surface area (Å²) in [7, 11) is -3.82. The van der Waals surface area contributed by atoms with Gasteiger partial charge in [-0.3, -0.25) is 19.6 Å². The minimum atomic E-state index is -3.82. The van der Waals surface area contributed by atoms with E-state index >= 15 is 0 Å².